The van der Waals surface area contributed by atoms with Gasteiger partial charge in [-0.25, -0.2) is 0 Å². The van der Waals surface area contributed by atoms with Gasteiger partial charge < -0.3 is 4.90 Å². The van der Waals surface area contributed by atoms with Crippen LogP contribution in [0.2, 0.25) is 0 Å². The fourth-order valence-electron chi connectivity index (χ4n) is 2.55. The first kappa shape index (κ1) is 10.0. The Morgan fingerprint density at radius 3 is 2.17 bits per heavy atom. The highest BCUT2D eigenvalue weighted by molar-refractivity contribution is 4.82. The largest absolute Gasteiger partial charge is 0.328 e. The van der Waals surface area contributed by atoms with E-state index >= 15 is 0 Å². The van der Waals surface area contributed by atoms with Crippen molar-refractivity contribution in [1.82, 2.24) is 0 Å². The molecule has 1 N–H and O–H groups in total. The third-order valence-electron chi connectivity index (χ3n) is 4.23. The molecular formula is C11H24N+. The smallest absolute Gasteiger partial charge is 0.0947 e. The van der Waals surface area contributed by atoms with Crippen LogP contribution in [0.3, 0.4) is 0 Å². The summed E-state index contributed by atoms with van der Waals surface area (Å²) in [6, 6.07) is 0. The fourth-order valence-corrected chi connectivity index (χ4v) is 2.55. The van der Waals surface area contributed by atoms with Gasteiger partial charge in [0, 0.05) is 12.8 Å². The average molecular weight is 170 g/mol. The molecule has 0 aromatic rings. The van der Waals surface area contributed by atoms with E-state index in [-0.39, 0.29) is 0 Å². The molecule has 1 saturated heterocycles. The molecule has 1 aliphatic rings. The molecule has 1 rings (SSSR count). The predicted molar refractivity (Wildman–Crippen MR) is 53.5 cm³/mol. The summed E-state index contributed by atoms with van der Waals surface area (Å²) in [7, 11) is 2.36. The van der Waals surface area contributed by atoms with Gasteiger partial charge in [-0.3, -0.25) is 0 Å². The molecule has 0 spiro atoms. The average Bonchev–Trinajstić information content (AvgIpc) is 2.00. The molecule has 2 atom stereocenters. The van der Waals surface area contributed by atoms with E-state index < -0.39 is 0 Å². The van der Waals surface area contributed by atoms with E-state index in [1.165, 1.54) is 25.7 Å². The Morgan fingerprint density at radius 1 is 1.17 bits per heavy atom. The minimum Gasteiger partial charge on any atom is -0.328 e. The van der Waals surface area contributed by atoms with Gasteiger partial charge in [0.05, 0.1) is 18.1 Å². The molecule has 2 unspecified atom stereocenters. The van der Waals surface area contributed by atoms with E-state index in [0.29, 0.717) is 11.1 Å². The maximum Gasteiger partial charge on any atom is 0.0947 e. The zero-order chi connectivity index (χ0) is 9.41. The fraction of sp³-hybridized carbons (Fsp3) is 1.00. The monoisotopic (exact) mass is 170 g/mol. The first-order chi connectivity index (χ1) is 5.42. The standard InChI is InChI=1S/C11H23N/c1-6-11(4)9-7-8-10(2,3)12(11)5/h6-9H2,1-5H3/p+1. The van der Waals surface area contributed by atoms with Crippen LogP contribution < -0.4 is 4.90 Å². The Balaban J connectivity index is 2.79. The molecule has 0 aliphatic carbocycles. The van der Waals surface area contributed by atoms with Crippen LogP contribution in [-0.2, 0) is 0 Å². The summed E-state index contributed by atoms with van der Waals surface area (Å²) in [4.78, 5) is 1.73. The maximum atomic E-state index is 2.43. The predicted octanol–water partition coefficient (Wildman–Crippen LogP) is 1.63. The molecule has 0 saturated carbocycles. The Bertz CT molecular complexity index is 162. The van der Waals surface area contributed by atoms with Crippen LogP contribution in [0.1, 0.15) is 53.4 Å². The lowest BCUT2D eigenvalue weighted by molar-refractivity contribution is -0.984. The van der Waals surface area contributed by atoms with Gasteiger partial charge in [-0.05, 0) is 33.6 Å². The first-order valence-electron chi connectivity index (χ1n) is 5.27. The van der Waals surface area contributed by atoms with E-state index in [9.17, 15) is 0 Å². The van der Waals surface area contributed by atoms with E-state index in [1.807, 2.05) is 0 Å². The maximum absolute atomic E-state index is 2.43. The Labute approximate surface area is 77.1 Å². The summed E-state index contributed by atoms with van der Waals surface area (Å²) in [5.74, 6) is 0. The van der Waals surface area contributed by atoms with E-state index in [2.05, 4.69) is 34.7 Å². The number of hydrogen-bond donors (Lipinski definition) is 1. The van der Waals surface area contributed by atoms with Gasteiger partial charge in [0.15, 0.2) is 0 Å². The summed E-state index contributed by atoms with van der Waals surface area (Å²) in [5.41, 5.74) is 1.02. The van der Waals surface area contributed by atoms with Crippen LogP contribution in [0.25, 0.3) is 0 Å². The van der Waals surface area contributed by atoms with E-state index in [1.54, 1.807) is 4.90 Å². The van der Waals surface area contributed by atoms with Crippen LogP contribution in [0.15, 0.2) is 0 Å². The molecule has 1 heteroatoms. The van der Waals surface area contributed by atoms with Crippen LogP contribution in [-0.4, -0.2) is 18.1 Å². The summed E-state index contributed by atoms with van der Waals surface area (Å²) in [5, 5.41) is 0. The molecule has 1 heterocycles. The highest BCUT2D eigenvalue weighted by Gasteiger charge is 2.44. The molecule has 0 aromatic heterocycles. The lowest BCUT2D eigenvalue weighted by atomic mass is 9.78. The molecular weight excluding hydrogens is 146 g/mol. The van der Waals surface area contributed by atoms with Crippen molar-refractivity contribution in [3.8, 4) is 0 Å². The molecule has 12 heavy (non-hydrogen) atoms. The number of quaternary nitrogens is 1. The van der Waals surface area contributed by atoms with Crippen molar-refractivity contribution in [3.05, 3.63) is 0 Å². The molecule has 0 amide bonds. The number of hydrogen-bond acceptors (Lipinski definition) is 0. The molecule has 72 valence electrons. The second kappa shape index (κ2) is 3.02. The SMILES string of the molecule is CCC1(C)CCCC(C)(C)[NH+]1C. The first-order valence-corrected chi connectivity index (χ1v) is 5.27. The van der Waals surface area contributed by atoms with Crippen LogP contribution >= 0.6 is 0 Å². The van der Waals surface area contributed by atoms with Crippen molar-refractivity contribution >= 4 is 0 Å². The van der Waals surface area contributed by atoms with Gasteiger partial charge in [0.2, 0.25) is 0 Å². The second-order valence-electron chi connectivity index (χ2n) is 5.28. The molecule has 0 bridgehead atoms. The van der Waals surface area contributed by atoms with Crippen molar-refractivity contribution in [2.75, 3.05) is 7.05 Å². The van der Waals surface area contributed by atoms with Gasteiger partial charge >= 0.3 is 0 Å². The summed E-state index contributed by atoms with van der Waals surface area (Å²) >= 11 is 0. The van der Waals surface area contributed by atoms with Gasteiger partial charge in [0.1, 0.15) is 0 Å². The topological polar surface area (TPSA) is 4.44 Å². The minimum absolute atomic E-state index is 0.489. The molecule has 1 nitrogen and oxygen atoms in total. The zero-order valence-electron chi connectivity index (χ0n) is 9.33. The molecule has 0 aromatic carbocycles. The summed E-state index contributed by atoms with van der Waals surface area (Å²) < 4.78 is 0. The van der Waals surface area contributed by atoms with Crippen molar-refractivity contribution in [1.29, 1.82) is 0 Å². The van der Waals surface area contributed by atoms with Crippen molar-refractivity contribution in [3.63, 3.8) is 0 Å². The quantitative estimate of drug-likeness (QED) is 0.610. The van der Waals surface area contributed by atoms with Crippen molar-refractivity contribution in [2.45, 2.75) is 64.5 Å². The number of rotatable bonds is 1. The lowest BCUT2D eigenvalue weighted by Crippen LogP contribution is -3.24. The number of likely N-dealkylation sites (tertiary alicyclic amines) is 1. The van der Waals surface area contributed by atoms with Gasteiger partial charge in [-0.1, -0.05) is 6.92 Å². The highest BCUT2D eigenvalue weighted by Crippen LogP contribution is 2.24. The van der Waals surface area contributed by atoms with Gasteiger partial charge in [-0.2, -0.15) is 0 Å². The normalized spacial score (nSPS) is 41.2. The van der Waals surface area contributed by atoms with Crippen molar-refractivity contribution in [2.24, 2.45) is 0 Å². The van der Waals surface area contributed by atoms with Crippen LogP contribution in [0.5, 0.6) is 0 Å². The number of nitrogens with one attached hydrogen (secondary N) is 1. The van der Waals surface area contributed by atoms with Crippen molar-refractivity contribution < 1.29 is 4.90 Å². The van der Waals surface area contributed by atoms with Gasteiger partial charge in [0.25, 0.3) is 0 Å². The Morgan fingerprint density at radius 2 is 1.75 bits per heavy atom. The second-order valence-corrected chi connectivity index (χ2v) is 5.28. The minimum atomic E-state index is 0.489. The van der Waals surface area contributed by atoms with Gasteiger partial charge in [-0.15, -0.1) is 0 Å². The highest BCUT2D eigenvalue weighted by atomic mass is 15.2. The summed E-state index contributed by atoms with van der Waals surface area (Å²) in [6.45, 7) is 9.55. The third kappa shape index (κ3) is 1.52. The lowest BCUT2D eigenvalue weighted by Gasteiger charge is -2.48. The summed E-state index contributed by atoms with van der Waals surface area (Å²) in [6.07, 6.45) is 5.50. The van der Waals surface area contributed by atoms with Crippen LogP contribution in [0, 0.1) is 0 Å². The van der Waals surface area contributed by atoms with E-state index in [4.69, 9.17) is 0 Å². The zero-order valence-corrected chi connectivity index (χ0v) is 9.33. The number of piperidine rings is 1. The molecule has 1 fully saturated rings. The van der Waals surface area contributed by atoms with E-state index in [0.717, 1.165) is 0 Å². The Kier molecular flexibility index (Phi) is 2.53. The third-order valence-corrected chi connectivity index (χ3v) is 4.23. The molecule has 1 aliphatic heterocycles. The molecule has 0 radical (unpaired) electrons. The Hall–Kier alpha value is -0.0400. The van der Waals surface area contributed by atoms with Crippen LogP contribution in [0.4, 0.5) is 0 Å².